The number of nitrogens with zero attached hydrogens (tertiary/aromatic N) is 1. The van der Waals surface area contributed by atoms with E-state index in [4.69, 9.17) is 14.2 Å². The molecule has 2 aromatic carbocycles. The van der Waals surface area contributed by atoms with Gasteiger partial charge in [-0.3, -0.25) is 10.1 Å². The fourth-order valence-electron chi connectivity index (χ4n) is 2.39. The minimum Gasteiger partial charge on any atom is -0.497 e. The van der Waals surface area contributed by atoms with Crippen molar-refractivity contribution in [2.24, 2.45) is 0 Å². The first-order chi connectivity index (χ1) is 13.1. The number of anilines is 1. The van der Waals surface area contributed by atoms with Crippen molar-refractivity contribution in [3.8, 4) is 28.5 Å². The molecule has 1 heterocycles. The number of benzene rings is 2. The molecule has 0 bridgehead atoms. The van der Waals surface area contributed by atoms with Crippen LogP contribution in [0.2, 0.25) is 0 Å². The van der Waals surface area contributed by atoms with E-state index in [0.29, 0.717) is 16.6 Å². The topological polar surface area (TPSA) is 69.7 Å². The van der Waals surface area contributed by atoms with Crippen LogP contribution in [-0.2, 0) is 4.79 Å². The van der Waals surface area contributed by atoms with Gasteiger partial charge in [-0.25, -0.2) is 4.98 Å². The van der Waals surface area contributed by atoms with Gasteiger partial charge in [-0.2, -0.15) is 0 Å². The third-order valence-corrected chi connectivity index (χ3v) is 4.58. The summed E-state index contributed by atoms with van der Waals surface area (Å²) in [6.45, 7) is 1.69. The average Bonchev–Trinajstić information content (AvgIpc) is 3.16. The van der Waals surface area contributed by atoms with Crippen LogP contribution in [0.4, 0.5) is 5.13 Å². The minimum absolute atomic E-state index is 0.274. The lowest BCUT2D eigenvalue weighted by atomic mass is 10.2. The molecule has 0 spiro atoms. The Kier molecular flexibility index (Phi) is 5.93. The molecule has 0 fully saturated rings. The molecule has 27 heavy (non-hydrogen) atoms. The number of carbonyl (C=O) groups is 1. The molecule has 1 aromatic heterocycles. The highest BCUT2D eigenvalue weighted by Gasteiger charge is 2.17. The first kappa shape index (κ1) is 18.7. The fraction of sp³-hybridized carbons (Fsp3) is 0.200. The van der Waals surface area contributed by atoms with Crippen LogP contribution in [0.3, 0.4) is 0 Å². The summed E-state index contributed by atoms with van der Waals surface area (Å²) in [5, 5.41) is 5.19. The lowest BCUT2D eigenvalue weighted by molar-refractivity contribution is -0.122. The lowest BCUT2D eigenvalue weighted by Gasteiger charge is -2.14. The zero-order chi connectivity index (χ0) is 19.2. The number of nitrogens with one attached hydrogen (secondary N) is 1. The quantitative estimate of drug-likeness (QED) is 0.660. The largest absolute Gasteiger partial charge is 0.497 e. The van der Waals surface area contributed by atoms with Gasteiger partial charge in [0.15, 0.2) is 11.2 Å². The van der Waals surface area contributed by atoms with E-state index >= 15 is 0 Å². The Bertz CT molecular complexity index is 926. The molecular formula is C20H20N2O4S. The standard InChI is InChI=1S/C20H20N2O4S/c1-13(26-17-9-5-8-16(11-17)25-3)19(23)22-20-21-18(12-27-20)14-6-4-7-15(10-14)24-2/h4-13H,1-3H3,(H,21,22,23). The van der Waals surface area contributed by atoms with Crippen LogP contribution in [-0.4, -0.2) is 31.2 Å². The maximum absolute atomic E-state index is 12.4. The number of hydrogen-bond acceptors (Lipinski definition) is 6. The molecule has 0 aliphatic heterocycles. The van der Waals surface area contributed by atoms with E-state index in [-0.39, 0.29) is 5.91 Å². The monoisotopic (exact) mass is 384 g/mol. The molecule has 1 amide bonds. The van der Waals surface area contributed by atoms with Crippen molar-refractivity contribution < 1.29 is 19.0 Å². The van der Waals surface area contributed by atoms with Crippen LogP contribution in [0.5, 0.6) is 17.2 Å². The molecule has 1 atom stereocenters. The van der Waals surface area contributed by atoms with Crippen LogP contribution >= 0.6 is 11.3 Å². The Morgan fingerprint density at radius 2 is 1.70 bits per heavy atom. The fourth-order valence-corrected chi connectivity index (χ4v) is 3.11. The first-order valence-electron chi connectivity index (χ1n) is 8.30. The number of amides is 1. The summed E-state index contributed by atoms with van der Waals surface area (Å²) >= 11 is 1.36. The molecule has 140 valence electrons. The summed E-state index contributed by atoms with van der Waals surface area (Å²) in [5.74, 6) is 1.71. The number of carbonyl (C=O) groups excluding carboxylic acids is 1. The molecule has 0 saturated carbocycles. The third-order valence-electron chi connectivity index (χ3n) is 3.82. The minimum atomic E-state index is -0.679. The molecule has 1 unspecified atom stereocenters. The van der Waals surface area contributed by atoms with Crippen molar-refractivity contribution in [1.29, 1.82) is 0 Å². The number of aromatic nitrogens is 1. The highest BCUT2D eigenvalue weighted by atomic mass is 32.1. The molecule has 3 aromatic rings. The van der Waals surface area contributed by atoms with Crippen molar-refractivity contribution in [3.05, 3.63) is 53.9 Å². The van der Waals surface area contributed by atoms with Gasteiger partial charge in [0.25, 0.3) is 5.91 Å². The van der Waals surface area contributed by atoms with E-state index < -0.39 is 6.10 Å². The van der Waals surface area contributed by atoms with E-state index in [1.165, 1.54) is 11.3 Å². The SMILES string of the molecule is COc1cccc(OC(C)C(=O)Nc2nc(-c3cccc(OC)c3)cs2)c1. The molecular weight excluding hydrogens is 364 g/mol. The summed E-state index contributed by atoms with van der Waals surface area (Å²) in [5.41, 5.74) is 1.70. The third kappa shape index (κ3) is 4.77. The van der Waals surface area contributed by atoms with E-state index in [1.54, 1.807) is 39.3 Å². The zero-order valence-corrected chi connectivity index (χ0v) is 16.1. The highest BCUT2D eigenvalue weighted by molar-refractivity contribution is 7.14. The second-order valence-electron chi connectivity index (χ2n) is 5.70. The average molecular weight is 384 g/mol. The Hall–Kier alpha value is -3.06. The number of ether oxygens (including phenoxy) is 3. The van der Waals surface area contributed by atoms with Gasteiger partial charge in [0.05, 0.1) is 19.9 Å². The Labute approximate surface area is 161 Å². The summed E-state index contributed by atoms with van der Waals surface area (Å²) < 4.78 is 16.1. The maximum atomic E-state index is 12.4. The van der Waals surface area contributed by atoms with Crippen LogP contribution in [0.25, 0.3) is 11.3 Å². The van der Waals surface area contributed by atoms with Gasteiger partial charge in [-0.05, 0) is 31.2 Å². The maximum Gasteiger partial charge on any atom is 0.266 e. The second-order valence-corrected chi connectivity index (χ2v) is 6.56. The molecule has 0 aliphatic rings. The van der Waals surface area contributed by atoms with Crippen LogP contribution in [0.1, 0.15) is 6.92 Å². The molecule has 6 nitrogen and oxygen atoms in total. The van der Waals surface area contributed by atoms with Gasteiger partial charge in [0.2, 0.25) is 0 Å². The number of hydrogen-bond donors (Lipinski definition) is 1. The molecule has 0 aliphatic carbocycles. The number of methoxy groups -OCH3 is 2. The van der Waals surface area contributed by atoms with E-state index in [2.05, 4.69) is 10.3 Å². The lowest BCUT2D eigenvalue weighted by Crippen LogP contribution is -2.30. The van der Waals surface area contributed by atoms with Gasteiger partial charge in [0.1, 0.15) is 17.2 Å². The van der Waals surface area contributed by atoms with Gasteiger partial charge < -0.3 is 14.2 Å². The Balaban J connectivity index is 1.64. The van der Waals surface area contributed by atoms with Gasteiger partial charge in [-0.15, -0.1) is 11.3 Å². The molecule has 0 radical (unpaired) electrons. The van der Waals surface area contributed by atoms with Crippen molar-refractivity contribution in [1.82, 2.24) is 4.98 Å². The highest BCUT2D eigenvalue weighted by Crippen LogP contribution is 2.27. The Morgan fingerprint density at radius 1 is 1.04 bits per heavy atom. The van der Waals surface area contributed by atoms with Gasteiger partial charge >= 0.3 is 0 Å². The second kappa shape index (κ2) is 8.55. The zero-order valence-electron chi connectivity index (χ0n) is 15.3. The van der Waals surface area contributed by atoms with E-state index in [9.17, 15) is 4.79 Å². The predicted molar refractivity (Wildman–Crippen MR) is 106 cm³/mol. The summed E-state index contributed by atoms with van der Waals surface area (Å²) in [4.78, 5) is 16.9. The molecule has 0 saturated heterocycles. The molecule has 7 heteroatoms. The van der Waals surface area contributed by atoms with Crippen molar-refractivity contribution in [2.45, 2.75) is 13.0 Å². The van der Waals surface area contributed by atoms with Crippen LogP contribution < -0.4 is 19.5 Å². The van der Waals surface area contributed by atoms with Crippen molar-refractivity contribution in [2.75, 3.05) is 19.5 Å². The summed E-state index contributed by atoms with van der Waals surface area (Å²) in [7, 11) is 3.20. The van der Waals surface area contributed by atoms with Gasteiger partial charge in [0, 0.05) is 17.0 Å². The summed E-state index contributed by atoms with van der Waals surface area (Å²) in [6, 6.07) is 14.7. The van der Waals surface area contributed by atoms with Crippen LogP contribution in [0, 0.1) is 0 Å². The van der Waals surface area contributed by atoms with E-state index in [1.807, 2.05) is 35.7 Å². The normalized spacial score (nSPS) is 11.5. The molecule has 3 rings (SSSR count). The van der Waals surface area contributed by atoms with Crippen molar-refractivity contribution >= 4 is 22.4 Å². The number of thiazole rings is 1. The summed E-state index contributed by atoms with van der Waals surface area (Å²) in [6.07, 6.45) is -0.679. The van der Waals surface area contributed by atoms with Crippen molar-refractivity contribution in [3.63, 3.8) is 0 Å². The van der Waals surface area contributed by atoms with Crippen LogP contribution in [0.15, 0.2) is 53.9 Å². The predicted octanol–water partition coefficient (Wildman–Crippen LogP) is 4.23. The molecule has 1 N–H and O–H groups in total. The Morgan fingerprint density at radius 3 is 2.44 bits per heavy atom. The smallest absolute Gasteiger partial charge is 0.266 e. The van der Waals surface area contributed by atoms with Gasteiger partial charge in [-0.1, -0.05) is 18.2 Å². The first-order valence-corrected chi connectivity index (χ1v) is 9.18. The van der Waals surface area contributed by atoms with E-state index in [0.717, 1.165) is 17.0 Å². The number of rotatable bonds is 7.